The molecule has 0 bridgehead atoms. The van der Waals surface area contributed by atoms with E-state index in [2.05, 4.69) is 40.2 Å². The van der Waals surface area contributed by atoms with Crippen LogP contribution in [-0.2, 0) is 0 Å². The molecule has 0 unspecified atom stereocenters. The summed E-state index contributed by atoms with van der Waals surface area (Å²) in [5, 5.41) is 8.04. The van der Waals surface area contributed by atoms with Gasteiger partial charge in [0, 0.05) is 24.3 Å². The number of aromatic nitrogens is 3. The lowest BCUT2D eigenvalue weighted by Crippen LogP contribution is -2.50. The van der Waals surface area contributed by atoms with Gasteiger partial charge in [0.2, 0.25) is 5.95 Å². The number of piperidine rings is 1. The van der Waals surface area contributed by atoms with Crippen molar-refractivity contribution in [1.29, 1.82) is 0 Å². The molecule has 1 aliphatic heterocycles. The highest BCUT2D eigenvalue weighted by Gasteiger charge is 2.29. The lowest BCUT2D eigenvalue weighted by atomic mass is 9.90. The molecule has 0 spiro atoms. The van der Waals surface area contributed by atoms with E-state index in [4.69, 9.17) is 0 Å². The van der Waals surface area contributed by atoms with Crippen LogP contribution >= 0.6 is 0 Å². The lowest BCUT2D eigenvalue weighted by molar-refractivity contribution is 0.303. The minimum Gasteiger partial charge on any atom is -0.339 e. The van der Waals surface area contributed by atoms with Crippen molar-refractivity contribution in [3.8, 4) is 0 Å². The van der Waals surface area contributed by atoms with Crippen molar-refractivity contribution in [2.24, 2.45) is 0 Å². The number of nitrogens with zero attached hydrogens (tertiary/aromatic N) is 4. The molecule has 2 aromatic rings. The molecule has 5 heteroatoms. The van der Waals surface area contributed by atoms with Gasteiger partial charge in [0.15, 0.2) is 5.65 Å². The molecule has 102 valence electrons. The van der Waals surface area contributed by atoms with E-state index in [-0.39, 0.29) is 5.54 Å². The largest absolute Gasteiger partial charge is 0.339 e. The maximum Gasteiger partial charge on any atom is 0.245 e. The topological polar surface area (TPSA) is 45.5 Å². The van der Waals surface area contributed by atoms with Gasteiger partial charge in [0.05, 0.1) is 0 Å². The van der Waals surface area contributed by atoms with E-state index < -0.39 is 0 Å². The Morgan fingerprint density at radius 3 is 2.63 bits per heavy atom. The van der Waals surface area contributed by atoms with Crippen molar-refractivity contribution in [3.63, 3.8) is 0 Å². The quantitative estimate of drug-likeness (QED) is 0.890. The van der Waals surface area contributed by atoms with Crippen LogP contribution in [0.1, 0.15) is 25.5 Å². The molecule has 0 radical (unpaired) electrons. The third kappa shape index (κ3) is 2.18. The van der Waals surface area contributed by atoms with Crippen molar-refractivity contribution in [2.75, 3.05) is 25.0 Å². The Morgan fingerprint density at radius 2 is 2.00 bits per heavy atom. The van der Waals surface area contributed by atoms with Crippen molar-refractivity contribution in [2.45, 2.75) is 32.2 Å². The minimum atomic E-state index is 0.256. The average molecular weight is 259 g/mol. The van der Waals surface area contributed by atoms with Crippen LogP contribution < -0.4 is 10.2 Å². The zero-order valence-electron chi connectivity index (χ0n) is 11.8. The third-order valence-electron chi connectivity index (χ3n) is 4.29. The molecule has 3 heterocycles. The van der Waals surface area contributed by atoms with Crippen molar-refractivity contribution >= 4 is 11.6 Å². The highest BCUT2D eigenvalue weighted by atomic mass is 15.4. The van der Waals surface area contributed by atoms with Gasteiger partial charge in [0.1, 0.15) is 0 Å². The molecule has 1 saturated heterocycles. The molecule has 5 nitrogen and oxygen atoms in total. The Balaban J connectivity index is 1.84. The molecule has 0 atom stereocenters. The summed E-state index contributed by atoms with van der Waals surface area (Å²) in [4.78, 5) is 6.91. The Kier molecular flexibility index (Phi) is 2.93. The SMILES string of the molecule is CNC1(C)CCN(c2nc3cccc(C)n3n2)CC1. The molecule has 1 N–H and O–H groups in total. The number of pyridine rings is 1. The van der Waals surface area contributed by atoms with E-state index in [1.807, 2.05) is 23.7 Å². The normalized spacial score (nSPS) is 19.0. The molecule has 0 aliphatic carbocycles. The highest BCUT2D eigenvalue weighted by Crippen LogP contribution is 2.24. The van der Waals surface area contributed by atoms with Crippen LogP contribution in [0.15, 0.2) is 18.2 Å². The molecule has 0 saturated carbocycles. The van der Waals surface area contributed by atoms with E-state index in [9.17, 15) is 0 Å². The molecule has 2 aromatic heterocycles. The first-order valence-electron chi connectivity index (χ1n) is 6.88. The third-order valence-corrected chi connectivity index (χ3v) is 4.29. The van der Waals surface area contributed by atoms with Crippen molar-refractivity contribution in [3.05, 3.63) is 23.9 Å². The summed E-state index contributed by atoms with van der Waals surface area (Å²) in [5.41, 5.74) is 2.30. The van der Waals surface area contributed by atoms with Crippen LogP contribution in [0, 0.1) is 6.92 Å². The first-order chi connectivity index (χ1) is 9.11. The number of anilines is 1. The Hall–Kier alpha value is -1.62. The van der Waals surface area contributed by atoms with Crippen molar-refractivity contribution < 1.29 is 0 Å². The van der Waals surface area contributed by atoms with Crippen molar-refractivity contribution in [1.82, 2.24) is 19.9 Å². The predicted octanol–water partition coefficient (Wildman–Crippen LogP) is 1.62. The number of hydrogen-bond acceptors (Lipinski definition) is 4. The fraction of sp³-hybridized carbons (Fsp3) is 0.571. The summed E-state index contributed by atoms with van der Waals surface area (Å²) in [6, 6.07) is 6.09. The van der Waals surface area contributed by atoms with Crippen LogP contribution in [0.4, 0.5) is 5.95 Å². The monoisotopic (exact) mass is 259 g/mol. The smallest absolute Gasteiger partial charge is 0.245 e. The number of fused-ring (bicyclic) bond motifs is 1. The molecule has 3 rings (SSSR count). The van der Waals surface area contributed by atoms with Gasteiger partial charge in [-0.1, -0.05) is 6.07 Å². The first-order valence-corrected chi connectivity index (χ1v) is 6.88. The summed E-state index contributed by atoms with van der Waals surface area (Å²) in [6.07, 6.45) is 2.25. The van der Waals surface area contributed by atoms with Gasteiger partial charge in [-0.05, 0) is 45.9 Å². The number of rotatable bonds is 2. The van der Waals surface area contributed by atoms with Crippen LogP contribution in [0.5, 0.6) is 0 Å². The van der Waals surface area contributed by atoms with E-state index in [1.165, 1.54) is 0 Å². The number of hydrogen-bond donors (Lipinski definition) is 1. The summed E-state index contributed by atoms with van der Waals surface area (Å²) >= 11 is 0. The van der Waals surface area contributed by atoms with Gasteiger partial charge in [-0.3, -0.25) is 0 Å². The Labute approximate surface area is 113 Å². The minimum absolute atomic E-state index is 0.256. The molecule has 1 fully saturated rings. The average Bonchev–Trinajstić information content (AvgIpc) is 2.85. The van der Waals surface area contributed by atoms with Crippen LogP contribution in [-0.4, -0.2) is 40.3 Å². The fourth-order valence-electron chi connectivity index (χ4n) is 2.61. The Bertz CT molecular complexity index is 581. The maximum atomic E-state index is 4.63. The van der Waals surface area contributed by atoms with Crippen LogP contribution in [0.3, 0.4) is 0 Å². The van der Waals surface area contributed by atoms with Gasteiger partial charge in [-0.2, -0.15) is 4.98 Å². The van der Waals surface area contributed by atoms with Gasteiger partial charge in [-0.25, -0.2) is 4.52 Å². The number of nitrogens with one attached hydrogen (secondary N) is 1. The molecular weight excluding hydrogens is 238 g/mol. The second-order valence-electron chi connectivity index (χ2n) is 5.65. The second-order valence-corrected chi connectivity index (χ2v) is 5.65. The van der Waals surface area contributed by atoms with Crippen LogP contribution in [0.25, 0.3) is 5.65 Å². The van der Waals surface area contributed by atoms with E-state index >= 15 is 0 Å². The van der Waals surface area contributed by atoms with Gasteiger partial charge in [0.25, 0.3) is 0 Å². The zero-order chi connectivity index (χ0) is 13.5. The summed E-state index contributed by atoms with van der Waals surface area (Å²) in [7, 11) is 2.04. The highest BCUT2D eigenvalue weighted by molar-refractivity contribution is 5.46. The first kappa shape index (κ1) is 12.4. The summed E-state index contributed by atoms with van der Waals surface area (Å²) in [6.45, 7) is 6.35. The van der Waals surface area contributed by atoms with Gasteiger partial charge >= 0.3 is 0 Å². The van der Waals surface area contributed by atoms with E-state index in [0.29, 0.717) is 0 Å². The van der Waals surface area contributed by atoms with Gasteiger partial charge in [-0.15, -0.1) is 5.10 Å². The van der Waals surface area contributed by atoms with E-state index in [0.717, 1.165) is 43.2 Å². The molecule has 0 amide bonds. The van der Waals surface area contributed by atoms with Crippen LogP contribution in [0.2, 0.25) is 0 Å². The van der Waals surface area contributed by atoms with Gasteiger partial charge < -0.3 is 10.2 Å². The standard InChI is InChI=1S/C14H21N5/c1-11-5-4-6-12-16-13(17-19(11)12)18-9-7-14(2,15-3)8-10-18/h4-6,15H,7-10H2,1-3H3. The maximum absolute atomic E-state index is 4.63. The molecule has 19 heavy (non-hydrogen) atoms. The second kappa shape index (κ2) is 4.49. The summed E-state index contributed by atoms with van der Waals surface area (Å²) in [5.74, 6) is 0.854. The zero-order valence-corrected chi connectivity index (χ0v) is 11.8. The van der Waals surface area contributed by atoms with E-state index in [1.54, 1.807) is 0 Å². The fourth-order valence-corrected chi connectivity index (χ4v) is 2.61. The number of aryl methyl sites for hydroxylation is 1. The molecule has 1 aliphatic rings. The Morgan fingerprint density at radius 1 is 1.26 bits per heavy atom. The predicted molar refractivity (Wildman–Crippen MR) is 76.6 cm³/mol. The molecule has 0 aromatic carbocycles. The molecular formula is C14H21N5. The lowest BCUT2D eigenvalue weighted by Gasteiger charge is -2.38. The summed E-state index contributed by atoms with van der Waals surface area (Å²) < 4.78 is 1.92.